The minimum atomic E-state index is -3.40. The second-order valence-corrected chi connectivity index (χ2v) is 7.29. The number of hydrogen-bond acceptors (Lipinski definition) is 4. The van der Waals surface area contributed by atoms with Gasteiger partial charge in [-0.3, -0.25) is 4.79 Å². The minimum absolute atomic E-state index is 0.303. The topological polar surface area (TPSA) is 60.4 Å². The summed E-state index contributed by atoms with van der Waals surface area (Å²) < 4.78 is 28.7. The average molecular weight is 368 g/mol. The van der Waals surface area contributed by atoms with Crippen LogP contribution in [0, 0.1) is 3.57 Å². The van der Waals surface area contributed by atoms with Crippen LogP contribution in [0.15, 0.2) is 18.2 Å². The van der Waals surface area contributed by atoms with Crippen LogP contribution in [-0.2, 0) is 9.84 Å². The number of carbonyl (C=O) groups excluding carboxylic acids is 1. The fourth-order valence-corrected chi connectivity index (χ4v) is 2.29. The Morgan fingerprint density at radius 2 is 2.00 bits per heavy atom. The fraction of sp³-hybridized carbons (Fsp3) is 0.364. The van der Waals surface area contributed by atoms with Crippen molar-refractivity contribution in [1.82, 2.24) is 0 Å². The summed E-state index contributed by atoms with van der Waals surface area (Å²) in [6, 6.07) is 5.08. The van der Waals surface area contributed by atoms with Crippen LogP contribution >= 0.6 is 22.6 Å². The smallest absolute Gasteiger partial charge is 0.184 e. The van der Waals surface area contributed by atoms with E-state index in [9.17, 15) is 13.2 Å². The average Bonchev–Trinajstić information content (AvgIpc) is 2.25. The first-order valence-electron chi connectivity index (χ1n) is 4.84. The van der Waals surface area contributed by atoms with Gasteiger partial charge in [0.2, 0.25) is 0 Å². The Morgan fingerprint density at radius 3 is 2.47 bits per heavy atom. The highest BCUT2D eigenvalue weighted by Crippen LogP contribution is 2.23. The van der Waals surface area contributed by atoms with Gasteiger partial charge >= 0.3 is 0 Å². The first kappa shape index (κ1) is 14.4. The number of hydrogen-bond donors (Lipinski definition) is 0. The third-order valence-corrected chi connectivity index (χ3v) is 4.61. The molecule has 4 nitrogen and oxygen atoms in total. The largest absolute Gasteiger partial charge is 0.496 e. The van der Waals surface area contributed by atoms with Gasteiger partial charge in [0.15, 0.2) is 15.6 Å². The first-order valence-corrected chi connectivity index (χ1v) is 7.87. The van der Waals surface area contributed by atoms with E-state index in [2.05, 4.69) is 22.6 Å². The molecule has 0 aliphatic heterocycles. The number of benzene rings is 1. The Labute approximate surface area is 114 Å². The molecule has 0 aromatic heterocycles. The molecule has 1 aromatic carbocycles. The molecule has 0 heterocycles. The highest BCUT2D eigenvalue weighted by Gasteiger charge is 2.27. The number of halogens is 1. The predicted molar refractivity (Wildman–Crippen MR) is 74.3 cm³/mol. The molecule has 0 bridgehead atoms. The first-order chi connectivity index (χ1) is 7.77. The number of ketones is 1. The number of carbonyl (C=O) groups is 1. The molecule has 0 aliphatic carbocycles. The zero-order chi connectivity index (χ0) is 13.2. The molecule has 0 aliphatic rings. The van der Waals surface area contributed by atoms with Crippen LogP contribution in [0.1, 0.15) is 17.3 Å². The van der Waals surface area contributed by atoms with Crippen LogP contribution in [-0.4, -0.2) is 32.8 Å². The van der Waals surface area contributed by atoms with E-state index in [1.165, 1.54) is 14.0 Å². The Bertz CT molecular complexity index is 536. The summed E-state index contributed by atoms with van der Waals surface area (Å²) in [4.78, 5) is 12.1. The molecule has 94 valence electrons. The number of rotatable bonds is 4. The van der Waals surface area contributed by atoms with Crippen LogP contribution in [0.3, 0.4) is 0 Å². The number of Topliss-reactive ketones (excluding diaryl/α,β-unsaturated/α-hetero) is 1. The van der Waals surface area contributed by atoms with Crippen molar-refractivity contribution in [1.29, 1.82) is 0 Å². The van der Waals surface area contributed by atoms with E-state index >= 15 is 0 Å². The molecule has 0 amide bonds. The molecule has 0 saturated heterocycles. The number of sulfone groups is 1. The molecule has 1 atom stereocenters. The maximum absolute atomic E-state index is 12.1. The van der Waals surface area contributed by atoms with E-state index in [4.69, 9.17) is 4.74 Å². The summed E-state index contributed by atoms with van der Waals surface area (Å²) in [5.41, 5.74) is 0.303. The van der Waals surface area contributed by atoms with Gasteiger partial charge < -0.3 is 4.74 Å². The van der Waals surface area contributed by atoms with Crippen molar-refractivity contribution in [3.63, 3.8) is 0 Å². The Kier molecular flexibility index (Phi) is 4.54. The van der Waals surface area contributed by atoms with Crippen LogP contribution in [0.4, 0.5) is 0 Å². The summed E-state index contributed by atoms with van der Waals surface area (Å²) in [6.07, 6.45) is 1.05. The van der Waals surface area contributed by atoms with Gasteiger partial charge in [-0.1, -0.05) is 0 Å². The quantitative estimate of drug-likeness (QED) is 0.602. The Morgan fingerprint density at radius 1 is 1.41 bits per heavy atom. The lowest BCUT2D eigenvalue weighted by Gasteiger charge is -2.12. The highest BCUT2D eigenvalue weighted by molar-refractivity contribution is 14.1. The highest BCUT2D eigenvalue weighted by atomic mass is 127. The molecule has 0 saturated carbocycles. The Hall–Kier alpha value is -0.630. The van der Waals surface area contributed by atoms with Gasteiger partial charge in [-0.05, 0) is 47.7 Å². The van der Waals surface area contributed by atoms with Crippen LogP contribution < -0.4 is 4.74 Å². The molecule has 0 radical (unpaired) electrons. The van der Waals surface area contributed by atoms with Crippen LogP contribution in [0.5, 0.6) is 5.75 Å². The van der Waals surface area contributed by atoms with E-state index in [1.54, 1.807) is 18.2 Å². The van der Waals surface area contributed by atoms with Gasteiger partial charge in [0.25, 0.3) is 0 Å². The summed E-state index contributed by atoms with van der Waals surface area (Å²) in [5, 5.41) is -1.06. The third-order valence-electron chi connectivity index (χ3n) is 2.44. The van der Waals surface area contributed by atoms with E-state index in [0.29, 0.717) is 11.3 Å². The second kappa shape index (κ2) is 5.34. The van der Waals surface area contributed by atoms with Gasteiger partial charge in [0.1, 0.15) is 11.0 Å². The standard InChI is InChI=1S/C11H13IO4S/c1-7(17(3,14)15)11(13)9-6-8(12)4-5-10(9)16-2/h4-7H,1-3H3. The predicted octanol–water partition coefficient (Wildman–Crippen LogP) is 1.92. The van der Waals surface area contributed by atoms with Crippen LogP contribution in [0.2, 0.25) is 0 Å². The van der Waals surface area contributed by atoms with E-state index in [0.717, 1.165) is 9.83 Å². The van der Waals surface area contributed by atoms with Gasteiger partial charge in [0.05, 0.1) is 12.7 Å². The number of methoxy groups -OCH3 is 1. The van der Waals surface area contributed by atoms with Crippen molar-refractivity contribution in [2.45, 2.75) is 12.2 Å². The van der Waals surface area contributed by atoms with Crippen molar-refractivity contribution in [2.75, 3.05) is 13.4 Å². The van der Waals surface area contributed by atoms with E-state index in [1.807, 2.05) is 0 Å². The Balaban J connectivity index is 3.25. The fourth-order valence-electron chi connectivity index (χ4n) is 1.29. The van der Waals surface area contributed by atoms with E-state index in [-0.39, 0.29) is 0 Å². The minimum Gasteiger partial charge on any atom is -0.496 e. The van der Waals surface area contributed by atoms with Crippen molar-refractivity contribution < 1.29 is 17.9 Å². The lowest BCUT2D eigenvalue weighted by Crippen LogP contribution is -2.26. The molecule has 0 N–H and O–H groups in total. The van der Waals surface area contributed by atoms with Gasteiger partial charge in [-0.25, -0.2) is 8.42 Å². The third kappa shape index (κ3) is 3.41. The molecule has 1 unspecified atom stereocenters. The SMILES string of the molecule is COc1ccc(I)cc1C(=O)C(C)S(C)(=O)=O. The zero-order valence-electron chi connectivity index (χ0n) is 9.73. The van der Waals surface area contributed by atoms with Crippen molar-refractivity contribution in [3.8, 4) is 5.75 Å². The molecule has 1 aromatic rings. The molecular formula is C11H13IO4S. The lowest BCUT2D eigenvalue weighted by molar-refractivity contribution is 0.0988. The molecule has 1 rings (SSSR count). The molecular weight excluding hydrogens is 355 g/mol. The molecule has 0 fully saturated rings. The van der Waals surface area contributed by atoms with E-state index < -0.39 is 20.9 Å². The summed E-state index contributed by atoms with van der Waals surface area (Å²) >= 11 is 2.06. The second-order valence-electron chi connectivity index (χ2n) is 3.68. The molecule has 6 heteroatoms. The normalized spacial score (nSPS) is 13.2. The van der Waals surface area contributed by atoms with Gasteiger partial charge in [-0.15, -0.1) is 0 Å². The summed E-state index contributed by atoms with van der Waals surface area (Å²) in [5.74, 6) is -0.0474. The van der Waals surface area contributed by atoms with Crippen molar-refractivity contribution in [3.05, 3.63) is 27.3 Å². The summed E-state index contributed by atoms with van der Waals surface area (Å²) in [6.45, 7) is 1.39. The maximum Gasteiger partial charge on any atom is 0.184 e. The van der Waals surface area contributed by atoms with Crippen molar-refractivity contribution >= 4 is 38.2 Å². The zero-order valence-corrected chi connectivity index (χ0v) is 12.7. The van der Waals surface area contributed by atoms with Crippen molar-refractivity contribution in [2.24, 2.45) is 0 Å². The lowest BCUT2D eigenvalue weighted by atomic mass is 10.1. The van der Waals surface area contributed by atoms with Gasteiger partial charge in [0, 0.05) is 9.83 Å². The maximum atomic E-state index is 12.1. The summed E-state index contributed by atoms with van der Waals surface area (Å²) in [7, 11) is -1.95. The molecule has 17 heavy (non-hydrogen) atoms. The number of ether oxygens (including phenoxy) is 1. The molecule has 0 spiro atoms. The van der Waals surface area contributed by atoms with Gasteiger partial charge in [-0.2, -0.15) is 0 Å². The monoisotopic (exact) mass is 368 g/mol. The van der Waals surface area contributed by atoms with Crippen LogP contribution in [0.25, 0.3) is 0 Å².